The van der Waals surface area contributed by atoms with Gasteiger partial charge in [-0.15, -0.1) is 0 Å². The van der Waals surface area contributed by atoms with E-state index in [0.29, 0.717) is 6.54 Å². The van der Waals surface area contributed by atoms with Crippen molar-refractivity contribution >= 4 is 15.8 Å². The predicted octanol–water partition coefficient (Wildman–Crippen LogP) is 1.06. The van der Waals surface area contributed by atoms with Gasteiger partial charge in [-0.2, -0.15) is 0 Å². The Labute approximate surface area is 96.8 Å². The first-order valence-electron chi connectivity index (χ1n) is 5.37. The van der Waals surface area contributed by atoms with Crippen molar-refractivity contribution in [1.29, 1.82) is 0 Å². The molecule has 0 aliphatic rings. The number of aromatic nitrogens is 2. The summed E-state index contributed by atoms with van der Waals surface area (Å²) in [5.41, 5.74) is 0.940. The van der Waals surface area contributed by atoms with Gasteiger partial charge in [0.05, 0.1) is 11.4 Å². The van der Waals surface area contributed by atoms with Crippen LogP contribution >= 0.6 is 0 Å². The van der Waals surface area contributed by atoms with E-state index in [1.807, 2.05) is 17.7 Å². The molecule has 0 saturated carbocycles. The van der Waals surface area contributed by atoms with Gasteiger partial charge in [0.1, 0.15) is 9.84 Å². The van der Waals surface area contributed by atoms with Crippen LogP contribution in [0.3, 0.4) is 0 Å². The van der Waals surface area contributed by atoms with Crippen molar-refractivity contribution in [3.63, 3.8) is 0 Å². The van der Waals surface area contributed by atoms with Crippen LogP contribution in [0.25, 0.3) is 0 Å². The molecule has 1 aromatic rings. The van der Waals surface area contributed by atoms with Gasteiger partial charge in [-0.25, -0.2) is 13.4 Å². The second kappa shape index (κ2) is 5.34. The van der Waals surface area contributed by atoms with Crippen molar-refractivity contribution in [3.8, 4) is 0 Å². The summed E-state index contributed by atoms with van der Waals surface area (Å²) in [4.78, 5) is 4.31. The zero-order valence-electron chi connectivity index (χ0n) is 10.0. The SMILES string of the molecule is CCCn1cc(C)nc1NCCS(C)(=O)=O. The Kier molecular flexibility index (Phi) is 4.35. The fourth-order valence-corrected chi connectivity index (χ4v) is 1.92. The van der Waals surface area contributed by atoms with Gasteiger partial charge in [0.2, 0.25) is 5.95 Å². The first-order valence-corrected chi connectivity index (χ1v) is 7.44. The Bertz CT molecular complexity index is 437. The van der Waals surface area contributed by atoms with Gasteiger partial charge in [0.25, 0.3) is 0 Å². The van der Waals surface area contributed by atoms with E-state index in [2.05, 4.69) is 17.2 Å². The van der Waals surface area contributed by atoms with Gasteiger partial charge in [-0.3, -0.25) is 0 Å². The van der Waals surface area contributed by atoms with Crippen LogP contribution in [0.15, 0.2) is 6.20 Å². The summed E-state index contributed by atoms with van der Waals surface area (Å²) in [6, 6.07) is 0. The van der Waals surface area contributed by atoms with Crippen molar-refractivity contribution in [3.05, 3.63) is 11.9 Å². The average molecular weight is 245 g/mol. The van der Waals surface area contributed by atoms with Gasteiger partial charge >= 0.3 is 0 Å². The molecule has 0 amide bonds. The molecule has 6 heteroatoms. The lowest BCUT2D eigenvalue weighted by atomic mass is 10.5. The Balaban J connectivity index is 2.59. The first kappa shape index (κ1) is 13.0. The Morgan fingerprint density at radius 3 is 2.75 bits per heavy atom. The van der Waals surface area contributed by atoms with Crippen molar-refractivity contribution in [2.45, 2.75) is 26.8 Å². The zero-order chi connectivity index (χ0) is 12.2. The Hall–Kier alpha value is -1.04. The lowest BCUT2D eigenvalue weighted by molar-refractivity contribution is 0.602. The largest absolute Gasteiger partial charge is 0.355 e. The van der Waals surface area contributed by atoms with Crippen LogP contribution in [0.2, 0.25) is 0 Å². The third-order valence-electron chi connectivity index (χ3n) is 2.12. The van der Waals surface area contributed by atoms with Crippen molar-refractivity contribution in [2.75, 3.05) is 23.9 Å². The number of hydrogen-bond donors (Lipinski definition) is 1. The highest BCUT2D eigenvalue weighted by atomic mass is 32.2. The van der Waals surface area contributed by atoms with Crippen molar-refractivity contribution < 1.29 is 8.42 Å². The molecule has 0 aliphatic heterocycles. The number of hydrogen-bond acceptors (Lipinski definition) is 4. The molecule has 0 saturated heterocycles. The van der Waals surface area contributed by atoms with Crippen LogP contribution in [0.5, 0.6) is 0 Å². The van der Waals surface area contributed by atoms with E-state index in [-0.39, 0.29) is 5.75 Å². The fourth-order valence-electron chi connectivity index (χ4n) is 1.45. The van der Waals surface area contributed by atoms with Gasteiger partial charge in [0, 0.05) is 25.5 Å². The second-order valence-corrected chi connectivity index (χ2v) is 6.22. The number of sulfone groups is 1. The minimum Gasteiger partial charge on any atom is -0.355 e. The van der Waals surface area contributed by atoms with Crippen molar-refractivity contribution in [1.82, 2.24) is 9.55 Å². The zero-order valence-corrected chi connectivity index (χ0v) is 10.8. The second-order valence-electron chi connectivity index (χ2n) is 3.96. The topological polar surface area (TPSA) is 64.0 Å². The molecule has 0 fully saturated rings. The van der Waals surface area contributed by atoms with E-state index >= 15 is 0 Å². The molecule has 5 nitrogen and oxygen atoms in total. The molecular weight excluding hydrogens is 226 g/mol. The van der Waals surface area contributed by atoms with Crippen LogP contribution in [-0.4, -0.2) is 36.5 Å². The van der Waals surface area contributed by atoms with Gasteiger partial charge in [0.15, 0.2) is 0 Å². The van der Waals surface area contributed by atoms with Crippen LogP contribution in [0.1, 0.15) is 19.0 Å². The number of nitrogens with one attached hydrogen (secondary N) is 1. The minimum absolute atomic E-state index is 0.130. The third kappa shape index (κ3) is 4.22. The molecule has 0 aliphatic carbocycles. The van der Waals surface area contributed by atoms with Gasteiger partial charge in [-0.05, 0) is 13.3 Å². The lowest BCUT2D eigenvalue weighted by Gasteiger charge is -2.07. The van der Waals surface area contributed by atoms with Crippen LogP contribution in [0.4, 0.5) is 5.95 Å². The molecule has 92 valence electrons. The molecular formula is C10H19N3O2S. The molecule has 0 spiro atoms. The number of nitrogens with zero attached hydrogens (tertiary/aromatic N) is 2. The quantitative estimate of drug-likeness (QED) is 0.814. The normalized spacial score (nSPS) is 11.7. The summed E-state index contributed by atoms with van der Waals surface area (Å²) >= 11 is 0. The summed E-state index contributed by atoms with van der Waals surface area (Å²) in [7, 11) is -2.91. The minimum atomic E-state index is -2.91. The van der Waals surface area contributed by atoms with Gasteiger partial charge < -0.3 is 9.88 Å². The Morgan fingerprint density at radius 1 is 1.50 bits per heavy atom. The van der Waals surface area contributed by atoms with E-state index in [1.54, 1.807) is 0 Å². The third-order valence-corrected chi connectivity index (χ3v) is 3.06. The summed E-state index contributed by atoms with van der Waals surface area (Å²) in [6.45, 7) is 5.31. The predicted molar refractivity (Wildman–Crippen MR) is 65.5 cm³/mol. The molecule has 0 bridgehead atoms. The first-order chi connectivity index (χ1) is 7.42. The molecule has 16 heavy (non-hydrogen) atoms. The molecule has 0 atom stereocenters. The standard InChI is InChI=1S/C10H19N3O2S/c1-4-6-13-8-9(2)12-10(13)11-5-7-16(3,14)15/h8H,4-7H2,1-3H3,(H,11,12). The lowest BCUT2D eigenvalue weighted by Crippen LogP contribution is -2.16. The van der Waals surface area contributed by atoms with Crippen molar-refractivity contribution in [2.24, 2.45) is 0 Å². The summed E-state index contributed by atoms with van der Waals surface area (Å²) in [5.74, 6) is 0.883. The van der Waals surface area contributed by atoms with Crippen LogP contribution in [-0.2, 0) is 16.4 Å². The summed E-state index contributed by atoms with van der Waals surface area (Å²) in [6.07, 6.45) is 4.22. The molecule has 0 unspecified atom stereocenters. The van der Waals surface area contributed by atoms with E-state index < -0.39 is 9.84 Å². The summed E-state index contributed by atoms with van der Waals surface area (Å²) < 4.78 is 24.0. The highest BCUT2D eigenvalue weighted by Gasteiger charge is 2.06. The highest BCUT2D eigenvalue weighted by molar-refractivity contribution is 7.90. The average Bonchev–Trinajstić information content (AvgIpc) is 2.45. The van der Waals surface area contributed by atoms with Crippen LogP contribution in [0, 0.1) is 6.92 Å². The van der Waals surface area contributed by atoms with E-state index in [4.69, 9.17) is 0 Å². The van der Waals surface area contributed by atoms with Crippen LogP contribution < -0.4 is 5.32 Å². The monoisotopic (exact) mass is 245 g/mol. The number of anilines is 1. The molecule has 1 heterocycles. The number of rotatable bonds is 6. The maximum atomic E-state index is 11.0. The maximum absolute atomic E-state index is 11.0. The summed E-state index contributed by atoms with van der Waals surface area (Å²) in [5, 5.41) is 3.05. The smallest absolute Gasteiger partial charge is 0.203 e. The van der Waals surface area contributed by atoms with E-state index in [9.17, 15) is 8.42 Å². The molecule has 0 aromatic carbocycles. The molecule has 1 aromatic heterocycles. The van der Waals surface area contributed by atoms with Gasteiger partial charge in [-0.1, -0.05) is 6.92 Å². The van der Waals surface area contributed by atoms with E-state index in [1.165, 1.54) is 6.26 Å². The Morgan fingerprint density at radius 2 is 2.19 bits per heavy atom. The fraction of sp³-hybridized carbons (Fsp3) is 0.700. The molecule has 0 radical (unpaired) electrons. The molecule has 1 rings (SSSR count). The number of imidazole rings is 1. The van der Waals surface area contributed by atoms with E-state index in [0.717, 1.165) is 24.6 Å². The number of aryl methyl sites for hydroxylation is 2. The maximum Gasteiger partial charge on any atom is 0.203 e. The highest BCUT2D eigenvalue weighted by Crippen LogP contribution is 2.08. The molecule has 1 N–H and O–H groups in total.